The maximum Gasteiger partial charge on any atom is 0.0635 e. The second kappa shape index (κ2) is 5.11. The zero-order valence-corrected chi connectivity index (χ0v) is 12.4. The molecule has 1 aromatic rings. The van der Waals surface area contributed by atoms with Crippen molar-refractivity contribution in [1.82, 2.24) is 9.78 Å². The van der Waals surface area contributed by atoms with Gasteiger partial charge in [-0.05, 0) is 55.0 Å². The van der Waals surface area contributed by atoms with Crippen molar-refractivity contribution in [3.63, 3.8) is 0 Å². The Morgan fingerprint density at radius 2 is 2.18 bits per heavy atom. The van der Waals surface area contributed by atoms with Crippen LogP contribution in [0.4, 0.5) is 0 Å². The van der Waals surface area contributed by atoms with Crippen LogP contribution in [0.1, 0.15) is 57.7 Å². The lowest BCUT2D eigenvalue weighted by Crippen LogP contribution is -2.35. The van der Waals surface area contributed by atoms with Crippen molar-refractivity contribution in [3.8, 4) is 0 Å². The van der Waals surface area contributed by atoms with E-state index in [4.69, 9.17) is 5.73 Å². The van der Waals surface area contributed by atoms with Gasteiger partial charge in [-0.1, -0.05) is 6.92 Å². The Balaban J connectivity index is 2.34. The minimum atomic E-state index is 0.275. The fraction of sp³-hybridized carbons (Fsp3) is 0.769. The number of hydrogen-bond donors (Lipinski definition) is 1. The lowest BCUT2D eigenvalue weighted by molar-refractivity contribution is 0.290. The lowest BCUT2D eigenvalue weighted by Gasteiger charge is -2.33. The molecule has 0 bridgehead atoms. The fourth-order valence-corrected chi connectivity index (χ4v) is 3.40. The van der Waals surface area contributed by atoms with E-state index in [9.17, 15) is 0 Å². The maximum absolute atomic E-state index is 6.31. The van der Waals surface area contributed by atoms with Crippen molar-refractivity contribution in [2.75, 3.05) is 0 Å². The van der Waals surface area contributed by atoms with Gasteiger partial charge in [0.1, 0.15) is 0 Å². The summed E-state index contributed by atoms with van der Waals surface area (Å²) in [5, 5.41) is 4.46. The summed E-state index contributed by atoms with van der Waals surface area (Å²) < 4.78 is 3.23. The Labute approximate surface area is 112 Å². The lowest BCUT2D eigenvalue weighted by atomic mass is 9.77. The number of halogens is 1. The van der Waals surface area contributed by atoms with E-state index in [1.165, 1.54) is 18.5 Å². The Morgan fingerprint density at radius 1 is 1.47 bits per heavy atom. The van der Waals surface area contributed by atoms with E-state index in [2.05, 4.69) is 46.5 Å². The van der Waals surface area contributed by atoms with Crippen LogP contribution in [0.5, 0.6) is 0 Å². The van der Waals surface area contributed by atoms with E-state index >= 15 is 0 Å². The Bertz CT molecular complexity index is 386. The number of nitrogens with two attached hydrogens (primary N) is 1. The van der Waals surface area contributed by atoms with Crippen LogP contribution in [-0.2, 0) is 0 Å². The van der Waals surface area contributed by atoms with Crippen molar-refractivity contribution in [2.45, 2.75) is 58.0 Å². The molecule has 1 aromatic heterocycles. The highest BCUT2D eigenvalue weighted by molar-refractivity contribution is 9.10. The van der Waals surface area contributed by atoms with E-state index in [-0.39, 0.29) is 6.04 Å². The summed E-state index contributed by atoms with van der Waals surface area (Å²) >= 11 is 3.63. The van der Waals surface area contributed by atoms with E-state index in [0.717, 1.165) is 16.8 Å². The normalized spacial score (nSPS) is 29.9. The smallest absolute Gasteiger partial charge is 0.0635 e. The molecule has 3 unspecified atom stereocenters. The quantitative estimate of drug-likeness (QED) is 0.909. The van der Waals surface area contributed by atoms with Crippen molar-refractivity contribution < 1.29 is 0 Å². The predicted molar refractivity (Wildman–Crippen MR) is 74.0 cm³/mol. The number of rotatable bonds is 2. The van der Waals surface area contributed by atoms with Gasteiger partial charge in [-0.15, -0.1) is 0 Å². The predicted octanol–water partition coefficient (Wildman–Crippen LogP) is 3.46. The van der Waals surface area contributed by atoms with Crippen LogP contribution in [-0.4, -0.2) is 15.8 Å². The number of aromatic nitrogens is 2. The van der Waals surface area contributed by atoms with Crippen LogP contribution in [0.2, 0.25) is 0 Å². The van der Waals surface area contributed by atoms with Gasteiger partial charge in [0.2, 0.25) is 0 Å². The molecule has 0 saturated heterocycles. The number of hydrogen-bond acceptors (Lipinski definition) is 2. The first-order valence-electron chi connectivity index (χ1n) is 6.49. The van der Waals surface area contributed by atoms with Crippen LogP contribution in [0.3, 0.4) is 0 Å². The van der Waals surface area contributed by atoms with E-state index in [0.29, 0.717) is 12.0 Å². The first kappa shape index (κ1) is 13.1. The first-order valence-corrected chi connectivity index (χ1v) is 7.28. The third kappa shape index (κ3) is 2.58. The standard InChI is InChI=1S/C13H22BrN3/c1-8(2)17-13(11(14)7-16-17)10-6-9(3)4-5-12(10)15/h7-10,12H,4-6,15H2,1-3H3. The van der Waals surface area contributed by atoms with Gasteiger partial charge >= 0.3 is 0 Å². The molecule has 2 N–H and O–H groups in total. The Morgan fingerprint density at radius 3 is 2.82 bits per heavy atom. The molecule has 3 nitrogen and oxygen atoms in total. The third-order valence-electron chi connectivity index (χ3n) is 3.79. The Kier molecular flexibility index (Phi) is 3.93. The average molecular weight is 300 g/mol. The van der Waals surface area contributed by atoms with Crippen LogP contribution < -0.4 is 5.73 Å². The molecule has 0 aromatic carbocycles. The fourth-order valence-electron chi connectivity index (χ4n) is 2.83. The van der Waals surface area contributed by atoms with Crippen molar-refractivity contribution >= 4 is 15.9 Å². The van der Waals surface area contributed by atoms with E-state index < -0.39 is 0 Å². The molecule has 3 atom stereocenters. The summed E-state index contributed by atoms with van der Waals surface area (Å²) in [4.78, 5) is 0. The summed E-state index contributed by atoms with van der Waals surface area (Å²) in [5.41, 5.74) is 7.60. The molecule has 4 heteroatoms. The highest BCUT2D eigenvalue weighted by atomic mass is 79.9. The minimum Gasteiger partial charge on any atom is -0.327 e. The zero-order chi connectivity index (χ0) is 12.6. The Hall–Kier alpha value is -0.350. The molecule has 1 aliphatic rings. The highest BCUT2D eigenvalue weighted by Gasteiger charge is 2.31. The number of nitrogens with zero attached hydrogens (tertiary/aromatic N) is 2. The van der Waals surface area contributed by atoms with Gasteiger partial charge in [0.05, 0.1) is 16.4 Å². The topological polar surface area (TPSA) is 43.8 Å². The third-order valence-corrected chi connectivity index (χ3v) is 4.40. The largest absolute Gasteiger partial charge is 0.327 e. The van der Waals surface area contributed by atoms with Gasteiger partial charge in [0.25, 0.3) is 0 Å². The van der Waals surface area contributed by atoms with Gasteiger partial charge in [0, 0.05) is 18.0 Å². The monoisotopic (exact) mass is 299 g/mol. The van der Waals surface area contributed by atoms with Gasteiger partial charge in [-0.3, -0.25) is 4.68 Å². The summed E-state index contributed by atoms with van der Waals surface area (Å²) in [7, 11) is 0. The molecule has 1 heterocycles. The molecular formula is C13H22BrN3. The summed E-state index contributed by atoms with van der Waals surface area (Å²) in [5.74, 6) is 1.21. The van der Waals surface area contributed by atoms with Gasteiger partial charge in [-0.2, -0.15) is 5.10 Å². The summed E-state index contributed by atoms with van der Waals surface area (Å²) in [6.45, 7) is 6.66. The van der Waals surface area contributed by atoms with Gasteiger partial charge < -0.3 is 5.73 Å². The molecule has 1 aliphatic carbocycles. The second-order valence-corrected chi connectivity index (χ2v) is 6.46. The van der Waals surface area contributed by atoms with Crippen molar-refractivity contribution in [3.05, 3.63) is 16.4 Å². The van der Waals surface area contributed by atoms with Crippen molar-refractivity contribution in [2.24, 2.45) is 11.7 Å². The van der Waals surface area contributed by atoms with E-state index in [1.54, 1.807) is 0 Å². The highest BCUT2D eigenvalue weighted by Crippen LogP contribution is 2.39. The molecule has 96 valence electrons. The van der Waals surface area contributed by atoms with Crippen LogP contribution >= 0.6 is 15.9 Å². The van der Waals surface area contributed by atoms with Crippen LogP contribution in [0, 0.1) is 5.92 Å². The van der Waals surface area contributed by atoms with Gasteiger partial charge in [0.15, 0.2) is 0 Å². The maximum atomic E-state index is 6.31. The van der Waals surface area contributed by atoms with Gasteiger partial charge in [-0.25, -0.2) is 0 Å². The average Bonchev–Trinajstić information content (AvgIpc) is 2.64. The van der Waals surface area contributed by atoms with Crippen molar-refractivity contribution in [1.29, 1.82) is 0 Å². The molecule has 17 heavy (non-hydrogen) atoms. The molecule has 1 saturated carbocycles. The summed E-state index contributed by atoms with van der Waals surface area (Å²) in [6.07, 6.45) is 5.46. The SMILES string of the molecule is CC1CCC(N)C(c2c(Br)cnn2C(C)C)C1. The molecule has 0 spiro atoms. The zero-order valence-electron chi connectivity index (χ0n) is 10.9. The summed E-state index contributed by atoms with van der Waals surface area (Å²) in [6, 6.07) is 0.664. The molecule has 2 rings (SSSR count). The minimum absolute atomic E-state index is 0.275. The van der Waals surface area contributed by atoms with Crippen LogP contribution in [0.25, 0.3) is 0 Å². The molecular weight excluding hydrogens is 278 g/mol. The molecule has 0 aliphatic heterocycles. The van der Waals surface area contributed by atoms with E-state index in [1.807, 2.05) is 6.20 Å². The second-order valence-electron chi connectivity index (χ2n) is 5.60. The molecule has 1 fully saturated rings. The molecule has 0 amide bonds. The molecule has 0 radical (unpaired) electrons. The first-order chi connectivity index (χ1) is 8.00. The van der Waals surface area contributed by atoms with Crippen LogP contribution in [0.15, 0.2) is 10.7 Å².